The number of fused-ring (bicyclic) bond motifs is 1. The minimum Gasteiger partial charge on any atom is -0.497 e. The van der Waals surface area contributed by atoms with Gasteiger partial charge in [0.2, 0.25) is 5.91 Å². The maximum absolute atomic E-state index is 12.5. The zero-order valence-electron chi connectivity index (χ0n) is 15.2. The Morgan fingerprint density at radius 1 is 1.21 bits per heavy atom. The lowest BCUT2D eigenvalue weighted by Crippen LogP contribution is -2.26. The molecule has 1 aliphatic heterocycles. The number of hydrogen-bond donors (Lipinski definition) is 2. The number of carbonyl (C=O) groups excluding carboxylic acids is 2. The summed E-state index contributed by atoms with van der Waals surface area (Å²) in [4.78, 5) is 23.4. The Bertz CT molecular complexity index is 986. The third kappa shape index (κ3) is 4.80. The van der Waals surface area contributed by atoms with Gasteiger partial charge in [0.1, 0.15) is 11.5 Å². The molecule has 1 aliphatic rings. The number of sulfone groups is 1. The van der Waals surface area contributed by atoms with E-state index in [1.54, 1.807) is 19.2 Å². The van der Waals surface area contributed by atoms with E-state index in [-0.39, 0.29) is 35.5 Å². The molecule has 0 aliphatic carbocycles. The summed E-state index contributed by atoms with van der Waals surface area (Å²) in [6, 6.07) is 11.4. The minimum absolute atomic E-state index is 0.0278. The van der Waals surface area contributed by atoms with E-state index in [1.165, 1.54) is 18.2 Å². The van der Waals surface area contributed by atoms with Gasteiger partial charge in [-0.25, -0.2) is 8.42 Å². The van der Waals surface area contributed by atoms with Crippen molar-refractivity contribution < 1.29 is 27.5 Å². The molecule has 0 bridgehead atoms. The van der Waals surface area contributed by atoms with E-state index in [4.69, 9.17) is 9.47 Å². The average molecular weight is 404 g/mol. The predicted octanol–water partition coefficient (Wildman–Crippen LogP) is 1.51. The van der Waals surface area contributed by atoms with Crippen LogP contribution in [0.1, 0.15) is 12.0 Å². The summed E-state index contributed by atoms with van der Waals surface area (Å²) in [5, 5.41) is 5.26. The highest BCUT2D eigenvalue weighted by Gasteiger charge is 2.21. The molecule has 9 heteroatoms. The molecular weight excluding hydrogens is 384 g/mol. The quantitative estimate of drug-likeness (QED) is 0.724. The van der Waals surface area contributed by atoms with Crippen LogP contribution in [0.4, 0.5) is 5.69 Å². The Kier molecular flexibility index (Phi) is 5.84. The van der Waals surface area contributed by atoms with Crippen molar-refractivity contribution in [3.05, 3.63) is 48.0 Å². The van der Waals surface area contributed by atoms with Crippen LogP contribution in [-0.2, 0) is 26.0 Å². The molecule has 0 unspecified atom stereocenters. The molecule has 2 amide bonds. The first-order valence-corrected chi connectivity index (χ1v) is 10.2. The molecule has 0 atom stereocenters. The molecule has 0 radical (unpaired) electrons. The van der Waals surface area contributed by atoms with Crippen molar-refractivity contribution >= 4 is 27.3 Å². The lowest BCUT2D eigenvalue weighted by atomic mass is 10.2. The van der Waals surface area contributed by atoms with Crippen molar-refractivity contribution in [1.82, 2.24) is 5.32 Å². The number of carbonyl (C=O) groups is 2. The molecule has 0 spiro atoms. The Morgan fingerprint density at radius 2 is 1.96 bits per heavy atom. The Hall–Kier alpha value is -3.07. The molecule has 28 heavy (non-hydrogen) atoms. The van der Waals surface area contributed by atoms with E-state index in [0.717, 1.165) is 5.56 Å². The monoisotopic (exact) mass is 404 g/mol. The number of nitrogens with one attached hydrogen (secondary N) is 2. The van der Waals surface area contributed by atoms with Crippen molar-refractivity contribution in [2.45, 2.75) is 17.9 Å². The summed E-state index contributed by atoms with van der Waals surface area (Å²) in [6.45, 7) is 0.193. The third-order valence-corrected chi connectivity index (χ3v) is 5.90. The van der Waals surface area contributed by atoms with Crippen molar-refractivity contribution in [3.63, 3.8) is 0 Å². The van der Waals surface area contributed by atoms with Gasteiger partial charge in [-0.15, -0.1) is 0 Å². The molecular formula is C19H20N2O6S. The molecule has 0 fully saturated rings. The van der Waals surface area contributed by atoms with E-state index in [0.29, 0.717) is 23.7 Å². The third-order valence-electron chi connectivity index (χ3n) is 4.19. The highest BCUT2D eigenvalue weighted by Crippen LogP contribution is 2.30. The van der Waals surface area contributed by atoms with Crippen LogP contribution in [0.15, 0.2) is 47.4 Å². The van der Waals surface area contributed by atoms with E-state index in [9.17, 15) is 18.0 Å². The van der Waals surface area contributed by atoms with Gasteiger partial charge in [-0.1, -0.05) is 12.1 Å². The summed E-state index contributed by atoms with van der Waals surface area (Å²) < 4.78 is 35.3. The molecule has 0 saturated heterocycles. The molecule has 0 aromatic heterocycles. The summed E-state index contributed by atoms with van der Waals surface area (Å²) in [6.07, 6.45) is -0.168. The van der Waals surface area contributed by atoms with Crippen LogP contribution in [0, 0.1) is 0 Å². The van der Waals surface area contributed by atoms with Crippen LogP contribution in [0.3, 0.4) is 0 Å². The number of amides is 2. The summed E-state index contributed by atoms with van der Waals surface area (Å²) in [5.74, 6) is 0.0761. The molecule has 8 nitrogen and oxygen atoms in total. The smallest absolute Gasteiger partial charge is 0.262 e. The first-order chi connectivity index (χ1) is 13.4. The predicted molar refractivity (Wildman–Crippen MR) is 102 cm³/mol. The zero-order valence-corrected chi connectivity index (χ0v) is 16.0. The number of rotatable bonds is 7. The number of benzene rings is 2. The largest absolute Gasteiger partial charge is 0.497 e. The highest BCUT2D eigenvalue weighted by atomic mass is 32.2. The van der Waals surface area contributed by atoms with Gasteiger partial charge in [-0.3, -0.25) is 9.59 Å². The number of ether oxygens (including phenoxy) is 2. The molecule has 2 aromatic carbocycles. The van der Waals surface area contributed by atoms with Crippen LogP contribution in [0.2, 0.25) is 0 Å². The van der Waals surface area contributed by atoms with Gasteiger partial charge in [0.15, 0.2) is 16.4 Å². The van der Waals surface area contributed by atoms with Gasteiger partial charge in [0.25, 0.3) is 5.91 Å². The van der Waals surface area contributed by atoms with Gasteiger partial charge in [-0.05, 0) is 35.9 Å². The number of hydrogen-bond acceptors (Lipinski definition) is 6. The number of methoxy groups -OCH3 is 1. The van der Waals surface area contributed by atoms with E-state index >= 15 is 0 Å². The van der Waals surface area contributed by atoms with Crippen molar-refractivity contribution in [1.29, 1.82) is 0 Å². The fraction of sp³-hybridized carbons (Fsp3) is 0.263. The topological polar surface area (TPSA) is 111 Å². The maximum Gasteiger partial charge on any atom is 0.262 e. The Labute approximate surface area is 162 Å². The van der Waals surface area contributed by atoms with Gasteiger partial charge in [0, 0.05) is 13.0 Å². The molecule has 1 heterocycles. The van der Waals surface area contributed by atoms with Crippen molar-refractivity contribution in [2.24, 2.45) is 0 Å². The van der Waals surface area contributed by atoms with Crippen LogP contribution in [0.5, 0.6) is 11.5 Å². The van der Waals surface area contributed by atoms with Crippen molar-refractivity contribution in [2.75, 3.05) is 24.8 Å². The van der Waals surface area contributed by atoms with Crippen LogP contribution in [-0.4, -0.2) is 39.7 Å². The lowest BCUT2D eigenvalue weighted by Gasteiger charge is -2.18. The van der Waals surface area contributed by atoms with Crippen LogP contribution < -0.4 is 20.1 Å². The van der Waals surface area contributed by atoms with Gasteiger partial charge in [0.05, 0.1) is 23.4 Å². The standard InChI is InChI=1S/C19H20N2O6S/c1-26-14-4-2-13(3-5-14)11-20-18(22)8-9-28(24,25)15-6-7-17-16(10-15)21-19(23)12-27-17/h2-7,10H,8-9,11-12H2,1H3,(H,20,22)(H,21,23). The van der Waals surface area contributed by atoms with Crippen LogP contribution in [0.25, 0.3) is 0 Å². The zero-order chi connectivity index (χ0) is 20.1. The maximum atomic E-state index is 12.5. The average Bonchev–Trinajstić information content (AvgIpc) is 2.70. The second kappa shape index (κ2) is 8.30. The minimum atomic E-state index is -3.68. The van der Waals surface area contributed by atoms with Crippen molar-refractivity contribution in [3.8, 4) is 11.5 Å². The Morgan fingerprint density at radius 3 is 2.68 bits per heavy atom. The normalized spacial score (nSPS) is 13.1. The second-order valence-corrected chi connectivity index (χ2v) is 8.30. The van der Waals surface area contributed by atoms with Gasteiger partial charge >= 0.3 is 0 Å². The first-order valence-electron chi connectivity index (χ1n) is 8.56. The number of anilines is 1. The first kappa shape index (κ1) is 19.7. The van der Waals surface area contributed by atoms with Gasteiger partial charge < -0.3 is 20.1 Å². The fourth-order valence-electron chi connectivity index (χ4n) is 2.63. The summed E-state index contributed by atoms with van der Waals surface area (Å²) in [5.41, 5.74) is 1.18. The summed E-state index contributed by atoms with van der Waals surface area (Å²) >= 11 is 0. The summed E-state index contributed by atoms with van der Waals surface area (Å²) in [7, 11) is -2.11. The SMILES string of the molecule is COc1ccc(CNC(=O)CCS(=O)(=O)c2ccc3c(c2)NC(=O)CO3)cc1. The van der Waals surface area contributed by atoms with Crippen LogP contribution >= 0.6 is 0 Å². The van der Waals surface area contributed by atoms with E-state index < -0.39 is 9.84 Å². The van der Waals surface area contributed by atoms with E-state index in [2.05, 4.69) is 10.6 Å². The lowest BCUT2D eigenvalue weighted by molar-refractivity contribution is -0.121. The highest BCUT2D eigenvalue weighted by molar-refractivity contribution is 7.91. The molecule has 148 valence electrons. The molecule has 3 rings (SSSR count). The fourth-order valence-corrected chi connectivity index (χ4v) is 3.90. The van der Waals surface area contributed by atoms with E-state index in [1.807, 2.05) is 12.1 Å². The second-order valence-electron chi connectivity index (χ2n) is 6.19. The molecule has 2 aromatic rings. The molecule has 0 saturated carbocycles. The van der Waals surface area contributed by atoms with Gasteiger partial charge in [-0.2, -0.15) is 0 Å². The Balaban J connectivity index is 1.56. The molecule has 2 N–H and O–H groups in total.